The Bertz CT molecular complexity index is 320. The molecule has 1 saturated carbocycles. The van der Waals surface area contributed by atoms with Gasteiger partial charge in [-0.05, 0) is 12.8 Å². The molecule has 0 saturated heterocycles. The minimum absolute atomic E-state index is 0.375. The molecule has 0 aromatic carbocycles. The fraction of sp³-hybridized carbons (Fsp3) is 0.500. The fourth-order valence-electron chi connectivity index (χ4n) is 0.941. The van der Waals surface area contributed by atoms with Gasteiger partial charge in [0, 0.05) is 11.4 Å². The number of hydrogen-bond donors (Lipinski definition) is 1. The highest BCUT2D eigenvalue weighted by Crippen LogP contribution is 2.26. The molecule has 1 aromatic rings. The highest BCUT2D eigenvalue weighted by molar-refractivity contribution is 7.13. The van der Waals surface area contributed by atoms with Crippen LogP contribution in [-0.4, -0.2) is 24.1 Å². The predicted octanol–water partition coefficient (Wildman–Crippen LogP) is 1.50. The molecule has 0 amide bonds. The number of carbonyl (C=O) groups is 1. The molecule has 70 valence electrons. The average molecular weight is 198 g/mol. The van der Waals surface area contributed by atoms with Gasteiger partial charge in [-0.15, -0.1) is 11.3 Å². The Morgan fingerprint density at radius 1 is 1.77 bits per heavy atom. The molecule has 1 heterocycles. The molecule has 1 fully saturated rings. The first-order chi connectivity index (χ1) is 6.29. The number of hydrogen-bond acceptors (Lipinski definition) is 5. The summed E-state index contributed by atoms with van der Waals surface area (Å²) in [5.41, 5.74) is 0.385. The van der Waals surface area contributed by atoms with Crippen molar-refractivity contribution in [2.75, 3.05) is 12.4 Å². The summed E-state index contributed by atoms with van der Waals surface area (Å²) in [5.74, 6) is -0.375. The second kappa shape index (κ2) is 3.33. The Morgan fingerprint density at radius 2 is 2.54 bits per heavy atom. The first kappa shape index (κ1) is 8.50. The summed E-state index contributed by atoms with van der Waals surface area (Å²) in [4.78, 5) is 15.1. The molecular weight excluding hydrogens is 188 g/mol. The Labute approximate surface area is 79.9 Å². The van der Waals surface area contributed by atoms with Crippen LogP contribution in [-0.2, 0) is 4.74 Å². The topological polar surface area (TPSA) is 51.2 Å². The van der Waals surface area contributed by atoms with Crippen molar-refractivity contribution in [3.8, 4) is 0 Å². The second-order valence-electron chi connectivity index (χ2n) is 2.95. The SMILES string of the molecule is COC(=O)c1csc(NC2CC2)n1. The van der Waals surface area contributed by atoms with Crippen LogP contribution in [0.4, 0.5) is 5.13 Å². The molecule has 1 aromatic heterocycles. The van der Waals surface area contributed by atoms with Crippen molar-refractivity contribution in [3.05, 3.63) is 11.1 Å². The van der Waals surface area contributed by atoms with Gasteiger partial charge in [0.1, 0.15) is 0 Å². The average Bonchev–Trinajstić information content (AvgIpc) is 2.81. The largest absolute Gasteiger partial charge is 0.464 e. The highest BCUT2D eigenvalue weighted by Gasteiger charge is 2.22. The molecule has 0 bridgehead atoms. The predicted molar refractivity (Wildman–Crippen MR) is 50.1 cm³/mol. The van der Waals surface area contributed by atoms with Crippen LogP contribution in [0.2, 0.25) is 0 Å². The third-order valence-electron chi connectivity index (χ3n) is 1.80. The lowest BCUT2D eigenvalue weighted by atomic mass is 10.5. The van der Waals surface area contributed by atoms with Crippen molar-refractivity contribution in [1.29, 1.82) is 0 Å². The van der Waals surface area contributed by atoms with Crippen LogP contribution in [0.25, 0.3) is 0 Å². The zero-order valence-electron chi connectivity index (χ0n) is 7.24. The number of carbonyl (C=O) groups excluding carboxylic acids is 1. The van der Waals surface area contributed by atoms with E-state index >= 15 is 0 Å². The Morgan fingerprint density at radius 3 is 3.15 bits per heavy atom. The minimum Gasteiger partial charge on any atom is -0.464 e. The summed E-state index contributed by atoms with van der Waals surface area (Å²) in [5, 5.41) is 5.73. The third-order valence-corrected chi connectivity index (χ3v) is 2.58. The van der Waals surface area contributed by atoms with Crippen molar-refractivity contribution in [1.82, 2.24) is 4.98 Å². The summed E-state index contributed by atoms with van der Waals surface area (Å²) in [6, 6.07) is 0.566. The van der Waals surface area contributed by atoms with Gasteiger partial charge in [0.15, 0.2) is 10.8 Å². The van der Waals surface area contributed by atoms with Crippen molar-refractivity contribution >= 4 is 22.4 Å². The number of thiazole rings is 1. The van der Waals surface area contributed by atoms with Gasteiger partial charge in [0.25, 0.3) is 0 Å². The number of anilines is 1. The zero-order chi connectivity index (χ0) is 9.26. The molecule has 5 heteroatoms. The number of rotatable bonds is 3. The van der Waals surface area contributed by atoms with Gasteiger partial charge in [-0.1, -0.05) is 0 Å². The van der Waals surface area contributed by atoms with E-state index in [-0.39, 0.29) is 5.97 Å². The van der Waals surface area contributed by atoms with E-state index in [2.05, 4.69) is 15.0 Å². The molecule has 2 rings (SSSR count). The molecule has 1 aliphatic rings. The fourth-order valence-corrected chi connectivity index (χ4v) is 1.70. The van der Waals surface area contributed by atoms with E-state index in [9.17, 15) is 4.79 Å². The number of aromatic nitrogens is 1. The van der Waals surface area contributed by atoms with Gasteiger partial charge >= 0.3 is 5.97 Å². The number of nitrogens with zero attached hydrogens (tertiary/aromatic N) is 1. The van der Waals surface area contributed by atoms with Crippen LogP contribution in [0.5, 0.6) is 0 Å². The number of nitrogens with one attached hydrogen (secondary N) is 1. The van der Waals surface area contributed by atoms with Gasteiger partial charge in [0.05, 0.1) is 7.11 Å². The molecule has 0 radical (unpaired) electrons. The molecule has 4 nitrogen and oxygen atoms in total. The summed E-state index contributed by atoms with van der Waals surface area (Å²) < 4.78 is 4.55. The molecular formula is C8H10N2O2S. The summed E-state index contributed by atoms with van der Waals surface area (Å²) in [6.45, 7) is 0. The van der Waals surface area contributed by atoms with Gasteiger partial charge in [-0.25, -0.2) is 9.78 Å². The first-order valence-corrected chi connectivity index (χ1v) is 4.98. The van der Waals surface area contributed by atoms with E-state index in [1.807, 2.05) is 0 Å². The van der Waals surface area contributed by atoms with Crippen LogP contribution >= 0.6 is 11.3 Å². The first-order valence-electron chi connectivity index (χ1n) is 4.10. The monoisotopic (exact) mass is 198 g/mol. The van der Waals surface area contributed by atoms with Crippen LogP contribution in [0, 0.1) is 0 Å². The maximum absolute atomic E-state index is 11.0. The maximum atomic E-state index is 11.0. The summed E-state index contributed by atoms with van der Waals surface area (Å²) in [7, 11) is 1.36. The quantitative estimate of drug-likeness (QED) is 0.748. The van der Waals surface area contributed by atoms with Gasteiger partial charge in [0.2, 0.25) is 0 Å². The molecule has 0 unspecified atom stereocenters. The van der Waals surface area contributed by atoms with Gasteiger partial charge in [-0.2, -0.15) is 0 Å². The van der Waals surface area contributed by atoms with Crippen molar-refractivity contribution in [2.24, 2.45) is 0 Å². The maximum Gasteiger partial charge on any atom is 0.357 e. The molecule has 0 atom stereocenters. The van der Waals surface area contributed by atoms with E-state index in [0.717, 1.165) is 5.13 Å². The van der Waals surface area contributed by atoms with Crippen LogP contribution < -0.4 is 5.32 Å². The molecule has 0 spiro atoms. The Balaban J connectivity index is 2.03. The lowest BCUT2D eigenvalue weighted by Crippen LogP contribution is -2.03. The third kappa shape index (κ3) is 1.98. The Kier molecular flexibility index (Phi) is 2.18. The van der Waals surface area contributed by atoms with Gasteiger partial charge < -0.3 is 10.1 Å². The van der Waals surface area contributed by atoms with Crippen LogP contribution in [0.1, 0.15) is 23.3 Å². The zero-order valence-corrected chi connectivity index (χ0v) is 8.06. The summed E-state index contributed by atoms with van der Waals surface area (Å²) >= 11 is 1.44. The molecule has 13 heavy (non-hydrogen) atoms. The van der Waals surface area contributed by atoms with E-state index < -0.39 is 0 Å². The van der Waals surface area contributed by atoms with E-state index in [1.54, 1.807) is 5.38 Å². The van der Waals surface area contributed by atoms with Crippen LogP contribution in [0.3, 0.4) is 0 Å². The second-order valence-corrected chi connectivity index (χ2v) is 3.81. The smallest absolute Gasteiger partial charge is 0.357 e. The van der Waals surface area contributed by atoms with Crippen molar-refractivity contribution < 1.29 is 9.53 Å². The number of ether oxygens (including phenoxy) is 1. The highest BCUT2D eigenvalue weighted by atomic mass is 32.1. The number of esters is 1. The van der Waals surface area contributed by atoms with Gasteiger partial charge in [-0.3, -0.25) is 0 Å². The lowest BCUT2D eigenvalue weighted by molar-refractivity contribution is 0.0595. The van der Waals surface area contributed by atoms with Crippen molar-refractivity contribution in [2.45, 2.75) is 18.9 Å². The molecule has 0 aliphatic heterocycles. The molecule has 1 N–H and O–H groups in total. The van der Waals surface area contributed by atoms with E-state index in [0.29, 0.717) is 11.7 Å². The molecule has 1 aliphatic carbocycles. The Hall–Kier alpha value is -1.10. The minimum atomic E-state index is -0.375. The van der Waals surface area contributed by atoms with E-state index in [1.165, 1.54) is 31.3 Å². The van der Waals surface area contributed by atoms with E-state index in [4.69, 9.17) is 0 Å². The normalized spacial score (nSPS) is 15.5. The standard InChI is InChI=1S/C8H10N2O2S/c1-12-7(11)6-4-13-8(10-6)9-5-2-3-5/h4-5H,2-3H2,1H3,(H,9,10). The lowest BCUT2D eigenvalue weighted by Gasteiger charge is -1.96. The van der Waals surface area contributed by atoms with Crippen molar-refractivity contribution in [3.63, 3.8) is 0 Å². The summed E-state index contributed by atoms with van der Waals surface area (Å²) in [6.07, 6.45) is 2.40. The van der Waals surface area contributed by atoms with Crippen LogP contribution in [0.15, 0.2) is 5.38 Å². The number of methoxy groups -OCH3 is 1.